The number of H-pyrrole nitrogens is 1. The van der Waals surface area contributed by atoms with Crippen molar-refractivity contribution in [2.24, 2.45) is 0 Å². The number of carbonyl (C=O) groups excluding carboxylic acids is 1. The van der Waals surface area contributed by atoms with Gasteiger partial charge in [0.25, 0.3) is 0 Å². The van der Waals surface area contributed by atoms with E-state index in [9.17, 15) is 9.59 Å². The predicted molar refractivity (Wildman–Crippen MR) is 65.3 cm³/mol. The van der Waals surface area contributed by atoms with Crippen LogP contribution in [0.4, 0.5) is 4.79 Å². The van der Waals surface area contributed by atoms with E-state index in [1.165, 1.54) is 9.80 Å². The summed E-state index contributed by atoms with van der Waals surface area (Å²) in [7, 11) is 1.62. The Morgan fingerprint density at radius 1 is 1.58 bits per heavy atom. The molecule has 0 aliphatic carbocycles. The van der Waals surface area contributed by atoms with Gasteiger partial charge >= 0.3 is 12.0 Å². The van der Waals surface area contributed by atoms with Gasteiger partial charge in [0.2, 0.25) is 0 Å². The first kappa shape index (κ1) is 13.3. The maximum absolute atomic E-state index is 12.2. The summed E-state index contributed by atoms with van der Waals surface area (Å²) in [6.45, 7) is 2.51. The zero-order valence-electron chi connectivity index (χ0n) is 11.0. The van der Waals surface area contributed by atoms with Crippen molar-refractivity contribution in [2.45, 2.75) is 32.4 Å². The number of urea groups is 1. The molecule has 0 saturated carbocycles. The first-order chi connectivity index (χ1) is 8.99. The number of rotatable bonds is 3. The third-order valence-electron chi connectivity index (χ3n) is 3.13. The van der Waals surface area contributed by atoms with E-state index in [1.54, 1.807) is 14.0 Å². The number of carbonyl (C=O) groups is 2. The Labute approximate surface area is 110 Å². The van der Waals surface area contributed by atoms with E-state index in [1.807, 2.05) is 0 Å². The van der Waals surface area contributed by atoms with E-state index in [0.717, 1.165) is 6.42 Å². The molecule has 2 amide bonds. The molecule has 8 nitrogen and oxygen atoms in total. The van der Waals surface area contributed by atoms with Crippen LogP contribution in [0.5, 0.6) is 0 Å². The first-order valence-electron chi connectivity index (χ1n) is 6.11. The van der Waals surface area contributed by atoms with Gasteiger partial charge in [0, 0.05) is 13.6 Å². The summed E-state index contributed by atoms with van der Waals surface area (Å²) in [4.78, 5) is 30.2. The summed E-state index contributed by atoms with van der Waals surface area (Å²) in [6, 6.07) is -1.02. The van der Waals surface area contributed by atoms with E-state index in [4.69, 9.17) is 5.11 Å². The van der Waals surface area contributed by atoms with Crippen LogP contribution in [-0.4, -0.2) is 61.7 Å². The van der Waals surface area contributed by atoms with Gasteiger partial charge in [-0.1, -0.05) is 0 Å². The van der Waals surface area contributed by atoms with Gasteiger partial charge in [-0.05, 0) is 19.8 Å². The highest BCUT2D eigenvalue weighted by Gasteiger charge is 2.35. The molecule has 0 radical (unpaired) electrons. The highest BCUT2D eigenvalue weighted by atomic mass is 16.4. The van der Waals surface area contributed by atoms with Crippen molar-refractivity contribution in [2.75, 3.05) is 13.6 Å². The van der Waals surface area contributed by atoms with Crippen molar-refractivity contribution in [3.05, 3.63) is 11.6 Å². The molecule has 1 aliphatic rings. The number of nitrogens with zero attached hydrogens (tertiary/aromatic N) is 4. The second-order valence-electron chi connectivity index (χ2n) is 4.67. The number of hydrogen-bond donors (Lipinski definition) is 2. The van der Waals surface area contributed by atoms with Gasteiger partial charge in [-0.2, -0.15) is 5.10 Å². The highest BCUT2D eigenvalue weighted by Crippen LogP contribution is 2.19. The largest absolute Gasteiger partial charge is 0.480 e. The lowest BCUT2D eigenvalue weighted by atomic mass is 10.2. The molecule has 0 unspecified atom stereocenters. The van der Waals surface area contributed by atoms with Crippen molar-refractivity contribution in [3.63, 3.8) is 0 Å². The van der Waals surface area contributed by atoms with Gasteiger partial charge in [-0.3, -0.25) is 5.10 Å². The number of aromatic nitrogens is 3. The van der Waals surface area contributed by atoms with E-state index in [0.29, 0.717) is 24.6 Å². The topological polar surface area (TPSA) is 102 Å². The Balaban J connectivity index is 2.00. The summed E-state index contributed by atoms with van der Waals surface area (Å²) in [6.07, 6.45) is 1.23. The fraction of sp³-hybridized carbons (Fsp3) is 0.636. The molecule has 1 aromatic rings. The highest BCUT2D eigenvalue weighted by molar-refractivity contribution is 5.83. The van der Waals surface area contributed by atoms with Crippen LogP contribution in [0.15, 0.2) is 0 Å². The molecule has 2 heterocycles. The zero-order chi connectivity index (χ0) is 14.0. The Morgan fingerprint density at radius 3 is 2.89 bits per heavy atom. The van der Waals surface area contributed by atoms with E-state index in [2.05, 4.69) is 15.2 Å². The zero-order valence-corrected chi connectivity index (χ0v) is 11.0. The molecule has 104 valence electrons. The summed E-state index contributed by atoms with van der Waals surface area (Å²) in [5, 5.41) is 15.7. The van der Waals surface area contributed by atoms with Crippen molar-refractivity contribution in [1.82, 2.24) is 25.0 Å². The lowest BCUT2D eigenvalue weighted by Gasteiger charge is -2.26. The number of aromatic amines is 1. The van der Waals surface area contributed by atoms with E-state index < -0.39 is 12.0 Å². The molecule has 2 N–H and O–H groups in total. The van der Waals surface area contributed by atoms with Crippen LogP contribution in [0.25, 0.3) is 0 Å². The Kier molecular flexibility index (Phi) is 3.68. The maximum atomic E-state index is 12.2. The molecular weight excluding hydrogens is 250 g/mol. The van der Waals surface area contributed by atoms with Gasteiger partial charge in [-0.15, -0.1) is 0 Å². The van der Waals surface area contributed by atoms with Gasteiger partial charge in [0.15, 0.2) is 5.82 Å². The lowest BCUT2D eigenvalue weighted by molar-refractivity contribution is -0.141. The minimum absolute atomic E-state index is 0.256. The SMILES string of the molecule is Cc1nc(CN(C)C(=O)N2CCC[C@@H]2C(=O)O)n[nH]1. The standard InChI is InChI=1S/C11H17N5O3/c1-7-12-9(14-13-7)6-15(2)11(19)16-5-3-4-8(16)10(17)18/h8H,3-6H2,1-2H3,(H,17,18)(H,12,13,14)/t8-/m1/s1. The summed E-state index contributed by atoms with van der Waals surface area (Å²) >= 11 is 0. The van der Waals surface area contributed by atoms with Crippen molar-refractivity contribution in [1.29, 1.82) is 0 Å². The molecule has 0 aromatic carbocycles. The smallest absolute Gasteiger partial charge is 0.326 e. The predicted octanol–water partition coefficient (Wildman–Crippen LogP) is 0.214. The molecule has 1 saturated heterocycles. The number of aryl methyl sites for hydroxylation is 1. The number of carboxylic acid groups (broad SMARTS) is 1. The van der Waals surface area contributed by atoms with Crippen LogP contribution in [0.3, 0.4) is 0 Å². The average Bonchev–Trinajstić information content (AvgIpc) is 2.97. The number of amides is 2. The summed E-state index contributed by atoms with van der Waals surface area (Å²) in [5.74, 6) is 0.243. The number of carboxylic acids is 1. The molecule has 1 aromatic heterocycles. The van der Waals surface area contributed by atoms with Crippen LogP contribution >= 0.6 is 0 Å². The summed E-state index contributed by atoms with van der Waals surface area (Å²) < 4.78 is 0. The molecule has 2 rings (SSSR count). The number of hydrogen-bond acceptors (Lipinski definition) is 4. The molecule has 0 bridgehead atoms. The van der Waals surface area contributed by atoms with E-state index >= 15 is 0 Å². The molecule has 8 heteroatoms. The average molecular weight is 267 g/mol. The normalized spacial score (nSPS) is 18.6. The molecular formula is C11H17N5O3. The number of likely N-dealkylation sites (tertiary alicyclic amines) is 1. The minimum Gasteiger partial charge on any atom is -0.480 e. The third-order valence-corrected chi connectivity index (χ3v) is 3.13. The fourth-order valence-electron chi connectivity index (χ4n) is 2.21. The summed E-state index contributed by atoms with van der Waals surface area (Å²) in [5.41, 5.74) is 0. The second kappa shape index (κ2) is 5.25. The second-order valence-corrected chi connectivity index (χ2v) is 4.67. The van der Waals surface area contributed by atoms with Gasteiger partial charge in [0.1, 0.15) is 11.9 Å². The Morgan fingerprint density at radius 2 is 2.32 bits per heavy atom. The van der Waals surface area contributed by atoms with Crippen LogP contribution in [0.1, 0.15) is 24.5 Å². The third kappa shape index (κ3) is 2.83. The number of nitrogens with one attached hydrogen (secondary N) is 1. The van der Waals surface area contributed by atoms with Crippen molar-refractivity contribution in [3.8, 4) is 0 Å². The molecule has 19 heavy (non-hydrogen) atoms. The quantitative estimate of drug-likeness (QED) is 0.815. The lowest BCUT2D eigenvalue weighted by Crippen LogP contribution is -2.46. The van der Waals surface area contributed by atoms with Gasteiger partial charge in [-0.25, -0.2) is 14.6 Å². The Hall–Kier alpha value is -2.12. The molecule has 1 aliphatic heterocycles. The fourth-order valence-corrected chi connectivity index (χ4v) is 2.21. The monoisotopic (exact) mass is 267 g/mol. The minimum atomic E-state index is -0.951. The first-order valence-corrected chi connectivity index (χ1v) is 6.11. The van der Waals surface area contributed by atoms with Gasteiger partial charge < -0.3 is 14.9 Å². The Bertz CT molecular complexity index is 486. The molecule has 1 fully saturated rings. The molecule has 1 atom stereocenters. The van der Waals surface area contributed by atoms with E-state index in [-0.39, 0.29) is 12.6 Å². The van der Waals surface area contributed by atoms with Crippen LogP contribution in [-0.2, 0) is 11.3 Å². The van der Waals surface area contributed by atoms with Crippen LogP contribution in [0.2, 0.25) is 0 Å². The van der Waals surface area contributed by atoms with Crippen LogP contribution < -0.4 is 0 Å². The van der Waals surface area contributed by atoms with Gasteiger partial charge in [0.05, 0.1) is 6.54 Å². The van der Waals surface area contributed by atoms with Crippen molar-refractivity contribution >= 4 is 12.0 Å². The number of aliphatic carboxylic acids is 1. The van der Waals surface area contributed by atoms with Crippen molar-refractivity contribution < 1.29 is 14.7 Å². The maximum Gasteiger partial charge on any atom is 0.326 e. The molecule has 0 spiro atoms. The van der Waals surface area contributed by atoms with Crippen LogP contribution in [0, 0.1) is 6.92 Å².